The highest BCUT2D eigenvalue weighted by molar-refractivity contribution is 5.95. The number of benzene rings is 2. The molecule has 0 spiro atoms. The summed E-state index contributed by atoms with van der Waals surface area (Å²) in [5.74, 6) is -1.64. The van der Waals surface area contributed by atoms with E-state index in [0.29, 0.717) is 11.1 Å². The quantitative estimate of drug-likeness (QED) is 0.517. The third-order valence-corrected chi connectivity index (χ3v) is 6.23. The summed E-state index contributed by atoms with van der Waals surface area (Å²) in [5.41, 5.74) is 1.28. The van der Waals surface area contributed by atoms with Crippen LogP contribution in [0.5, 0.6) is 5.75 Å². The smallest absolute Gasteiger partial charge is 0.294 e. The molecule has 1 aliphatic heterocycles. The van der Waals surface area contributed by atoms with Crippen molar-refractivity contribution in [3.63, 3.8) is 0 Å². The Morgan fingerprint density at radius 3 is 2.41 bits per heavy atom. The molecule has 1 unspecified atom stereocenters. The molecule has 1 atom stereocenters. The van der Waals surface area contributed by atoms with E-state index in [0.717, 1.165) is 31.7 Å². The lowest BCUT2D eigenvalue weighted by atomic mass is 10.0. The first-order chi connectivity index (χ1) is 16.3. The van der Waals surface area contributed by atoms with E-state index >= 15 is 0 Å². The van der Waals surface area contributed by atoms with Crippen LogP contribution in [-0.2, 0) is 6.54 Å². The topological polar surface area (TPSA) is 102 Å². The van der Waals surface area contributed by atoms with Gasteiger partial charge >= 0.3 is 0 Å². The van der Waals surface area contributed by atoms with Crippen LogP contribution >= 0.6 is 0 Å². The fourth-order valence-corrected chi connectivity index (χ4v) is 3.97. The first-order valence-electron chi connectivity index (χ1n) is 11.2. The number of likely N-dealkylation sites (N-methyl/N-ethyl adjacent to an activating group) is 1. The molecule has 34 heavy (non-hydrogen) atoms. The van der Waals surface area contributed by atoms with Gasteiger partial charge in [-0.15, -0.1) is 0 Å². The second-order valence-electron chi connectivity index (χ2n) is 8.56. The summed E-state index contributed by atoms with van der Waals surface area (Å²) < 4.78 is 13.1. The third-order valence-electron chi connectivity index (χ3n) is 6.23. The molecule has 1 amide bonds. The molecule has 2 heterocycles. The number of aromatic nitrogens is 2. The van der Waals surface area contributed by atoms with Crippen LogP contribution in [0.1, 0.15) is 34.6 Å². The lowest BCUT2D eigenvalue weighted by Crippen LogP contribution is -2.45. The lowest BCUT2D eigenvalue weighted by molar-refractivity contribution is 0.0942. The van der Waals surface area contributed by atoms with Crippen molar-refractivity contribution < 1.29 is 14.3 Å². The first kappa shape index (κ1) is 23.6. The standard InChI is InChI=1S/C25H28FN5O3/c1-16(31-13-11-30(2)12-14-31)18-5-7-19(8-6-18)23-28-21(22(32)25(34)29-23)24(33)27-15-17-3-9-20(26)10-4-17/h3-10,16,32H,11-15H2,1-2H3,(H,27,33)(H,28,29,34). The zero-order valence-electron chi connectivity index (χ0n) is 19.2. The SMILES string of the molecule is CC(c1ccc(-c2nc(C(=O)NCc3ccc(F)cc3)c(O)c(=O)[nH]2)cc1)N1CCN(C)CC1. The number of nitrogens with one attached hydrogen (secondary N) is 2. The highest BCUT2D eigenvalue weighted by Crippen LogP contribution is 2.24. The summed E-state index contributed by atoms with van der Waals surface area (Å²) in [6, 6.07) is 13.6. The number of aromatic amines is 1. The molecule has 0 radical (unpaired) electrons. The largest absolute Gasteiger partial charge is 0.501 e. The molecule has 0 aliphatic carbocycles. The normalized spacial score (nSPS) is 15.7. The Bertz CT molecular complexity index is 1200. The average Bonchev–Trinajstić information content (AvgIpc) is 2.85. The number of carbonyl (C=O) groups is 1. The number of hydrogen-bond donors (Lipinski definition) is 3. The number of halogens is 1. The average molecular weight is 466 g/mol. The molecule has 2 aromatic carbocycles. The molecular formula is C25H28FN5O3. The van der Waals surface area contributed by atoms with E-state index in [9.17, 15) is 19.1 Å². The Kier molecular flexibility index (Phi) is 7.04. The van der Waals surface area contributed by atoms with Crippen molar-refractivity contribution in [2.75, 3.05) is 33.2 Å². The van der Waals surface area contributed by atoms with Crippen LogP contribution < -0.4 is 10.9 Å². The van der Waals surface area contributed by atoms with E-state index in [1.807, 2.05) is 24.3 Å². The summed E-state index contributed by atoms with van der Waals surface area (Å²) >= 11 is 0. The number of aromatic hydroxyl groups is 1. The van der Waals surface area contributed by atoms with Gasteiger partial charge < -0.3 is 20.3 Å². The number of rotatable bonds is 6. The molecule has 3 N–H and O–H groups in total. The van der Waals surface area contributed by atoms with Crippen molar-refractivity contribution >= 4 is 5.91 Å². The van der Waals surface area contributed by atoms with E-state index in [2.05, 4.69) is 39.1 Å². The lowest BCUT2D eigenvalue weighted by Gasteiger charge is -2.36. The van der Waals surface area contributed by atoms with Crippen molar-refractivity contribution in [3.05, 3.63) is 81.5 Å². The van der Waals surface area contributed by atoms with Gasteiger partial charge in [-0.2, -0.15) is 0 Å². The summed E-state index contributed by atoms with van der Waals surface area (Å²) in [5, 5.41) is 12.7. The molecule has 0 saturated carbocycles. The molecule has 9 heteroatoms. The summed E-state index contributed by atoms with van der Waals surface area (Å²) in [7, 11) is 2.12. The van der Waals surface area contributed by atoms with Crippen LogP contribution in [0.2, 0.25) is 0 Å². The van der Waals surface area contributed by atoms with E-state index < -0.39 is 17.2 Å². The van der Waals surface area contributed by atoms with Gasteiger partial charge in [0.1, 0.15) is 11.6 Å². The van der Waals surface area contributed by atoms with Crippen LogP contribution in [0, 0.1) is 5.82 Å². The van der Waals surface area contributed by atoms with Gasteiger partial charge in [0.25, 0.3) is 11.5 Å². The minimum atomic E-state index is -0.799. The number of amides is 1. The Morgan fingerprint density at radius 1 is 1.12 bits per heavy atom. The summed E-state index contributed by atoms with van der Waals surface area (Å²) in [6.07, 6.45) is 0. The van der Waals surface area contributed by atoms with Crippen molar-refractivity contribution in [2.45, 2.75) is 19.5 Å². The Labute approximate surface area is 197 Å². The minimum Gasteiger partial charge on any atom is -0.501 e. The molecule has 4 rings (SSSR count). The van der Waals surface area contributed by atoms with Crippen LogP contribution in [0.3, 0.4) is 0 Å². The predicted octanol–water partition coefficient (Wildman–Crippen LogP) is 2.52. The molecule has 8 nitrogen and oxygen atoms in total. The Hall–Kier alpha value is -3.56. The Morgan fingerprint density at radius 2 is 1.76 bits per heavy atom. The molecule has 1 fully saturated rings. The number of hydrogen-bond acceptors (Lipinski definition) is 6. The zero-order valence-corrected chi connectivity index (χ0v) is 19.2. The molecular weight excluding hydrogens is 437 g/mol. The fraction of sp³-hybridized carbons (Fsp3) is 0.320. The highest BCUT2D eigenvalue weighted by Gasteiger charge is 2.21. The minimum absolute atomic E-state index is 0.0985. The number of H-pyrrole nitrogens is 1. The number of piperazine rings is 1. The molecule has 178 valence electrons. The summed E-state index contributed by atoms with van der Waals surface area (Å²) in [4.78, 5) is 36.4. The van der Waals surface area contributed by atoms with Crippen LogP contribution in [0.4, 0.5) is 4.39 Å². The second kappa shape index (κ2) is 10.1. The van der Waals surface area contributed by atoms with E-state index in [1.165, 1.54) is 24.3 Å². The first-order valence-corrected chi connectivity index (χ1v) is 11.2. The molecule has 0 bridgehead atoms. The van der Waals surface area contributed by atoms with Crippen LogP contribution in [-0.4, -0.2) is 64.0 Å². The van der Waals surface area contributed by atoms with Gasteiger partial charge in [-0.3, -0.25) is 14.5 Å². The highest BCUT2D eigenvalue weighted by atomic mass is 19.1. The molecule has 1 aliphatic rings. The van der Waals surface area contributed by atoms with Gasteiger partial charge in [-0.05, 0) is 37.2 Å². The number of nitrogens with zero attached hydrogens (tertiary/aromatic N) is 3. The predicted molar refractivity (Wildman–Crippen MR) is 127 cm³/mol. The summed E-state index contributed by atoms with van der Waals surface area (Å²) in [6.45, 7) is 6.34. The van der Waals surface area contributed by atoms with Gasteiger partial charge in [0.15, 0.2) is 5.69 Å². The van der Waals surface area contributed by atoms with Gasteiger partial charge in [-0.1, -0.05) is 36.4 Å². The van der Waals surface area contributed by atoms with E-state index in [4.69, 9.17) is 0 Å². The maximum Gasteiger partial charge on any atom is 0.294 e. The fourth-order valence-electron chi connectivity index (χ4n) is 3.97. The van der Waals surface area contributed by atoms with Crippen LogP contribution in [0.15, 0.2) is 53.3 Å². The molecule has 1 aromatic heterocycles. The maximum atomic E-state index is 13.1. The monoisotopic (exact) mass is 465 g/mol. The van der Waals surface area contributed by atoms with Gasteiger partial charge in [0, 0.05) is 44.3 Å². The van der Waals surface area contributed by atoms with E-state index in [-0.39, 0.29) is 29.9 Å². The van der Waals surface area contributed by atoms with Crippen LogP contribution in [0.25, 0.3) is 11.4 Å². The van der Waals surface area contributed by atoms with Crippen molar-refractivity contribution in [1.29, 1.82) is 0 Å². The van der Waals surface area contributed by atoms with Crippen molar-refractivity contribution in [2.24, 2.45) is 0 Å². The van der Waals surface area contributed by atoms with Gasteiger partial charge in [0.05, 0.1) is 0 Å². The third kappa shape index (κ3) is 5.32. The number of carbonyl (C=O) groups excluding carboxylic acids is 1. The second-order valence-corrected chi connectivity index (χ2v) is 8.56. The van der Waals surface area contributed by atoms with Gasteiger partial charge in [-0.25, -0.2) is 9.37 Å². The molecule has 3 aromatic rings. The zero-order chi connectivity index (χ0) is 24.2. The van der Waals surface area contributed by atoms with Crippen molar-refractivity contribution in [3.8, 4) is 17.1 Å². The van der Waals surface area contributed by atoms with E-state index in [1.54, 1.807) is 0 Å². The Balaban J connectivity index is 1.50. The molecule has 1 saturated heterocycles. The van der Waals surface area contributed by atoms with Crippen molar-refractivity contribution in [1.82, 2.24) is 25.1 Å². The maximum absolute atomic E-state index is 13.1. The van der Waals surface area contributed by atoms with Gasteiger partial charge in [0.2, 0.25) is 5.75 Å².